The second kappa shape index (κ2) is 10.3. The molecular weight excluding hydrogens is 617 g/mol. The van der Waals surface area contributed by atoms with Gasteiger partial charge < -0.3 is 9.47 Å². The topological polar surface area (TPSA) is 8.17 Å². The molecule has 0 unspecified atom stereocenters. The Labute approximate surface area is 297 Å². The molecule has 0 saturated carbocycles. The Morgan fingerprint density at radius 3 is 1.84 bits per heavy atom. The molecule has 0 bridgehead atoms. The molecule has 2 nitrogen and oxygen atoms in total. The zero-order valence-electron chi connectivity index (χ0n) is 28.6. The van der Waals surface area contributed by atoms with Crippen molar-refractivity contribution in [3.8, 4) is 39.1 Å². The van der Waals surface area contributed by atoms with Crippen molar-refractivity contribution in [3.63, 3.8) is 0 Å². The van der Waals surface area contributed by atoms with Gasteiger partial charge in [-0.25, -0.2) is 0 Å². The number of hydrogen-bond acceptors (Lipinski definition) is 1. The van der Waals surface area contributed by atoms with Crippen LogP contribution in [-0.2, 0) is 5.41 Å². The monoisotopic (exact) mass is 650 g/mol. The standard InChI is InChI=1S/C49H34N2/c1-49(2)42-21-10-9-18-37(42)38-27-25-35(30-43(38)49)50(32-14-5-3-6-15-32)34-24-26-36-39-20-12-22-44-47(39)48-45(51(44)33-16-7-4-8-17-33)28-23-31-13-11-19-40(46(31)48)41(36)29-34/h3-30H,1-2H3. The van der Waals surface area contributed by atoms with E-state index < -0.39 is 0 Å². The van der Waals surface area contributed by atoms with Gasteiger partial charge in [0.15, 0.2) is 0 Å². The summed E-state index contributed by atoms with van der Waals surface area (Å²) in [6, 6.07) is 62.9. The number of rotatable bonds is 4. The number of fused-ring (bicyclic) bond motifs is 6. The summed E-state index contributed by atoms with van der Waals surface area (Å²) in [5, 5.41) is 5.23. The molecular formula is C49H34N2. The molecule has 0 saturated heterocycles. The van der Waals surface area contributed by atoms with Crippen molar-refractivity contribution in [3.05, 3.63) is 181 Å². The van der Waals surface area contributed by atoms with Crippen molar-refractivity contribution in [2.75, 3.05) is 4.90 Å². The van der Waals surface area contributed by atoms with Gasteiger partial charge in [0.1, 0.15) is 0 Å². The fraction of sp³-hybridized carbons (Fsp3) is 0.0612. The Hall–Kier alpha value is -6.38. The number of benzene rings is 8. The summed E-state index contributed by atoms with van der Waals surface area (Å²) in [5.74, 6) is 0. The van der Waals surface area contributed by atoms with E-state index in [0.29, 0.717) is 0 Å². The predicted octanol–water partition coefficient (Wildman–Crippen LogP) is 13.4. The van der Waals surface area contributed by atoms with Crippen LogP contribution in [0, 0.1) is 0 Å². The van der Waals surface area contributed by atoms with Crippen LogP contribution in [0.1, 0.15) is 25.0 Å². The summed E-state index contributed by atoms with van der Waals surface area (Å²) in [7, 11) is 0. The molecule has 0 spiro atoms. The average molecular weight is 651 g/mol. The Balaban J connectivity index is 1.17. The lowest BCUT2D eigenvalue weighted by atomic mass is 9.82. The Kier molecular flexibility index (Phi) is 5.76. The zero-order chi connectivity index (χ0) is 33.8. The molecule has 1 aromatic heterocycles. The summed E-state index contributed by atoms with van der Waals surface area (Å²) < 4.78 is 2.44. The Morgan fingerprint density at radius 2 is 1.02 bits per heavy atom. The molecule has 0 fully saturated rings. The molecule has 0 amide bonds. The minimum Gasteiger partial charge on any atom is -0.310 e. The number of nitrogens with zero attached hydrogens (tertiary/aromatic N) is 2. The Bertz CT molecular complexity index is 2880. The minimum absolute atomic E-state index is 0.0854. The third-order valence-electron chi connectivity index (χ3n) is 11.5. The van der Waals surface area contributed by atoms with Gasteiger partial charge in [0.25, 0.3) is 0 Å². The molecule has 51 heavy (non-hydrogen) atoms. The van der Waals surface area contributed by atoms with Gasteiger partial charge in [0.05, 0.1) is 11.0 Å². The smallest absolute Gasteiger partial charge is 0.0547 e. The molecule has 0 N–H and O–H groups in total. The lowest BCUT2D eigenvalue weighted by Crippen LogP contribution is -2.16. The van der Waals surface area contributed by atoms with Gasteiger partial charge in [-0.15, -0.1) is 0 Å². The van der Waals surface area contributed by atoms with Crippen LogP contribution in [0.15, 0.2) is 170 Å². The number of anilines is 3. The van der Waals surface area contributed by atoms with Crippen molar-refractivity contribution < 1.29 is 0 Å². The fourth-order valence-electron chi connectivity index (χ4n) is 9.22. The summed E-state index contributed by atoms with van der Waals surface area (Å²) in [6.45, 7) is 4.72. The van der Waals surface area contributed by atoms with Gasteiger partial charge in [-0.1, -0.05) is 123 Å². The maximum absolute atomic E-state index is 2.44. The van der Waals surface area contributed by atoms with Crippen molar-refractivity contribution in [1.29, 1.82) is 0 Å². The molecule has 2 heteroatoms. The first-order valence-electron chi connectivity index (χ1n) is 17.9. The van der Waals surface area contributed by atoms with Gasteiger partial charge in [-0.2, -0.15) is 0 Å². The predicted molar refractivity (Wildman–Crippen MR) is 215 cm³/mol. The lowest BCUT2D eigenvalue weighted by molar-refractivity contribution is 0.660. The van der Waals surface area contributed by atoms with Crippen molar-refractivity contribution in [2.45, 2.75) is 19.3 Å². The third-order valence-corrected chi connectivity index (χ3v) is 11.5. The average Bonchev–Trinajstić information content (AvgIpc) is 3.59. The van der Waals surface area contributed by atoms with E-state index in [1.54, 1.807) is 0 Å². The molecule has 0 radical (unpaired) electrons. The highest BCUT2D eigenvalue weighted by atomic mass is 15.1. The summed E-state index contributed by atoms with van der Waals surface area (Å²) in [6.07, 6.45) is 0. The summed E-state index contributed by atoms with van der Waals surface area (Å²) in [5.41, 5.74) is 17.5. The van der Waals surface area contributed by atoms with Crippen LogP contribution < -0.4 is 4.90 Å². The molecule has 9 aromatic rings. The maximum Gasteiger partial charge on any atom is 0.0547 e. The first kappa shape index (κ1) is 28.5. The second-order valence-corrected chi connectivity index (χ2v) is 14.5. The van der Waals surface area contributed by atoms with Crippen LogP contribution in [0.2, 0.25) is 0 Å². The Morgan fingerprint density at radius 1 is 0.392 bits per heavy atom. The first-order valence-corrected chi connectivity index (χ1v) is 17.9. The van der Waals surface area contributed by atoms with Crippen molar-refractivity contribution in [1.82, 2.24) is 4.57 Å². The van der Waals surface area contributed by atoms with E-state index in [2.05, 4.69) is 193 Å². The highest BCUT2D eigenvalue weighted by molar-refractivity contribution is 6.30. The second-order valence-electron chi connectivity index (χ2n) is 14.5. The van der Waals surface area contributed by atoms with E-state index in [1.165, 1.54) is 82.8 Å². The molecule has 0 atom stereocenters. The highest BCUT2D eigenvalue weighted by Crippen LogP contribution is 2.53. The van der Waals surface area contributed by atoms with E-state index in [0.717, 1.165) is 17.1 Å². The maximum atomic E-state index is 2.44. The SMILES string of the molecule is CC1(C)c2ccccc2-c2ccc(N(c3ccccc3)c3ccc4c(c3)-c3cccc5ccc6c(c35)c3c-4cccc3n6-c3ccccc3)cc21. The van der Waals surface area contributed by atoms with E-state index in [1.807, 2.05) is 0 Å². The largest absolute Gasteiger partial charge is 0.310 e. The van der Waals surface area contributed by atoms with Crippen LogP contribution in [0.25, 0.3) is 71.6 Å². The van der Waals surface area contributed by atoms with E-state index in [4.69, 9.17) is 0 Å². The molecule has 2 aliphatic rings. The van der Waals surface area contributed by atoms with E-state index in [9.17, 15) is 0 Å². The fourth-order valence-corrected chi connectivity index (χ4v) is 9.22. The highest BCUT2D eigenvalue weighted by Gasteiger charge is 2.36. The normalized spacial score (nSPS) is 13.5. The van der Waals surface area contributed by atoms with E-state index in [-0.39, 0.29) is 5.41 Å². The number of hydrogen-bond donors (Lipinski definition) is 0. The zero-order valence-corrected chi connectivity index (χ0v) is 28.6. The van der Waals surface area contributed by atoms with Crippen molar-refractivity contribution in [2.24, 2.45) is 0 Å². The minimum atomic E-state index is -0.0854. The van der Waals surface area contributed by atoms with Crippen LogP contribution in [-0.4, -0.2) is 4.57 Å². The van der Waals surface area contributed by atoms with Crippen LogP contribution in [0.4, 0.5) is 17.1 Å². The van der Waals surface area contributed by atoms with Crippen LogP contribution in [0.3, 0.4) is 0 Å². The van der Waals surface area contributed by atoms with Gasteiger partial charge in [0, 0.05) is 38.9 Å². The summed E-state index contributed by atoms with van der Waals surface area (Å²) in [4.78, 5) is 2.43. The van der Waals surface area contributed by atoms with Gasteiger partial charge in [-0.05, 0) is 116 Å². The van der Waals surface area contributed by atoms with Crippen molar-refractivity contribution >= 4 is 49.6 Å². The van der Waals surface area contributed by atoms with Gasteiger partial charge >= 0.3 is 0 Å². The molecule has 1 heterocycles. The van der Waals surface area contributed by atoms with Crippen LogP contribution in [0.5, 0.6) is 0 Å². The lowest BCUT2D eigenvalue weighted by Gasteiger charge is -2.29. The first-order chi connectivity index (χ1) is 25.1. The molecule has 240 valence electrons. The molecule has 8 aromatic carbocycles. The summed E-state index contributed by atoms with van der Waals surface area (Å²) >= 11 is 0. The number of aromatic nitrogens is 1. The quantitative estimate of drug-likeness (QED) is 0.184. The number of para-hydroxylation sites is 2. The van der Waals surface area contributed by atoms with Gasteiger partial charge in [0.2, 0.25) is 0 Å². The molecule has 2 aliphatic carbocycles. The van der Waals surface area contributed by atoms with Gasteiger partial charge in [-0.3, -0.25) is 0 Å². The van der Waals surface area contributed by atoms with E-state index >= 15 is 0 Å². The molecule has 11 rings (SSSR count). The van der Waals surface area contributed by atoms with Crippen LogP contribution >= 0.6 is 0 Å². The molecule has 0 aliphatic heterocycles. The third kappa shape index (κ3) is 3.88.